The van der Waals surface area contributed by atoms with E-state index in [4.69, 9.17) is 0 Å². The van der Waals surface area contributed by atoms with Crippen molar-refractivity contribution in [3.05, 3.63) is 53.6 Å². The number of nitrogens with zero attached hydrogens (tertiary/aromatic N) is 8. The van der Waals surface area contributed by atoms with E-state index in [9.17, 15) is 10.4 Å². The molecule has 9 nitrogen and oxygen atoms in total. The summed E-state index contributed by atoms with van der Waals surface area (Å²) in [7, 11) is 0. The molecule has 0 atom stereocenters. The second kappa shape index (κ2) is 7.65. The van der Waals surface area contributed by atoms with E-state index in [1.807, 2.05) is 36.4 Å². The molecule has 0 bridgehead atoms. The number of nitriles is 1. The van der Waals surface area contributed by atoms with Gasteiger partial charge in [-0.25, -0.2) is 9.97 Å². The zero-order valence-corrected chi connectivity index (χ0v) is 17.1. The van der Waals surface area contributed by atoms with Gasteiger partial charge in [0, 0.05) is 29.4 Å². The lowest BCUT2D eigenvalue weighted by atomic mass is 9.97. The molecule has 0 spiro atoms. The molecule has 0 saturated carbocycles. The molecule has 9 heteroatoms. The zero-order chi connectivity index (χ0) is 21.3. The highest BCUT2D eigenvalue weighted by Gasteiger charge is 2.19. The first kappa shape index (κ1) is 19.7. The highest BCUT2D eigenvalue weighted by Crippen LogP contribution is 2.25. The Morgan fingerprint density at radius 1 is 1.17 bits per heavy atom. The molecule has 4 rings (SSSR count). The van der Waals surface area contributed by atoms with Crippen LogP contribution in [0.4, 0.5) is 0 Å². The summed E-state index contributed by atoms with van der Waals surface area (Å²) >= 11 is 0. The molecule has 0 aliphatic rings. The van der Waals surface area contributed by atoms with Crippen molar-refractivity contribution in [3.63, 3.8) is 0 Å². The van der Waals surface area contributed by atoms with Gasteiger partial charge in [-0.1, -0.05) is 45.0 Å². The van der Waals surface area contributed by atoms with Crippen LogP contribution < -0.4 is 0 Å². The number of tetrazole rings is 1. The Kier molecular flexibility index (Phi) is 5.01. The second-order valence-corrected chi connectivity index (χ2v) is 8.37. The Morgan fingerprint density at radius 2 is 1.93 bits per heavy atom. The lowest BCUT2D eigenvalue weighted by molar-refractivity contribution is 0.282. The molecule has 0 unspecified atom stereocenters. The Morgan fingerprint density at radius 3 is 2.60 bits per heavy atom. The van der Waals surface area contributed by atoms with Gasteiger partial charge in [-0.2, -0.15) is 10.1 Å². The van der Waals surface area contributed by atoms with Gasteiger partial charge in [-0.3, -0.25) is 0 Å². The van der Waals surface area contributed by atoms with E-state index in [2.05, 4.69) is 50.7 Å². The van der Waals surface area contributed by atoms with Crippen molar-refractivity contribution in [1.82, 2.24) is 34.7 Å². The van der Waals surface area contributed by atoms with Gasteiger partial charge >= 0.3 is 0 Å². The van der Waals surface area contributed by atoms with E-state index in [0.29, 0.717) is 12.4 Å². The van der Waals surface area contributed by atoms with Gasteiger partial charge in [0.05, 0.1) is 6.61 Å². The van der Waals surface area contributed by atoms with Gasteiger partial charge in [0.1, 0.15) is 18.3 Å². The minimum atomic E-state index is -0.00483. The summed E-state index contributed by atoms with van der Waals surface area (Å²) in [6.07, 6.45) is 1.67. The smallest absolute Gasteiger partial charge is 0.234 e. The average Bonchev–Trinajstić information content (AvgIpc) is 3.32. The van der Waals surface area contributed by atoms with Crippen LogP contribution in [0.5, 0.6) is 0 Å². The van der Waals surface area contributed by atoms with Crippen molar-refractivity contribution in [2.75, 3.05) is 0 Å². The largest absolute Gasteiger partial charge is 0.392 e. The Hall–Kier alpha value is -3.64. The van der Waals surface area contributed by atoms with Crippen molar-refractivity contribution in [2.45, 2.75) is 40.5 Å². The Bertz CT molecular complexity index is 1220. The van der Waals surface area contributed by atoms with Crippen molar-refractivity contribution in [2.24, 2.45) is 5.41 Å². The Balaban J connectivity index is 1.69. The predicted molar refractivity (Wildman–Crippen MR) is 110 cm³/mol. The number of fused-ring (bicyclic) bond motifs is 1. The molecule has 0 aliphatic carbocycles. The predicted octanol–water partition coefficient (Wildman–Crippen LogP) is 2.54. The minimum Gasteiger partial charge on any atom is -0.392 e. The molecule has 4 aromatic rings. The third-order valence-electron chi connectivity index (χ3n) is 4.60. The van der Waals surface area contributed by atoms with Crippen molar-refractivity contribution in [3.8, 4) is 17.5 Å². The van der Waals surface area contributed by atoms with Crippen LogP contribution in [0, 0.1) is 16.7 Å². The summed E-state index contributed by atoms with van der Waals surface area (Å²) in [4.78, 5) is 10.0. The second-order valence-electron chi connectivity index (χ2n) is 8.37. The first-order valence-corrected chi connectivity index (χ1v) is 9.59. The number of rotatable bonds is 5. The van der Waals surface area contributed by atoms with Crippen LogP contribution in [-0.2, 0) is 19.7 Å². The third-order valence-corrected chi connectivity index (χ3v) is 4.60. The molecule has 1 N–H and O–H groups in total. The van der Waals surface area contributed by atoms with Crippen LogP contribution in [-0.4, -0.2) is 39.8 Å². The van der Waals surface area contributed by atoms with Crippen LogP contribution in [0.25, 0.3) is 22.4 Å². The summed E-state index contributed by atoms with van der Waals surface area (Å²) in [5.41, 5.74) is 3.36. The molecule has 3 heterocycles. The highest BCUT2D eigenvalue weighted by molar-refractivity contribution is 5.77. The summed E-state index contributed by atoms with van der Waals surface area (Å²) < 4.78 is 2.09. The van der Waals surface area contributed by atoms with Crippen LogP contribution in [0.1, 0.15) is 37.9 Å². The molecule has 0 radical (unpaired) electrons. The van der Waals surface area contributed by atoms with E-state index in [1.54, 1.807) is 11.0 Å². The van der Waals surface area contributed by atoms with Crippen LogP contribution in [0.3, 0.4) is 0 Å². The first-order chi connectivity index (χ1) is 14.4. The zero-order valence-electron chi connectivity index (χ0n) is 17.1. The van der Waals surface area contributed by atoms with E-state index in [-0.39, 0.29) is 17.8 Å². The number of aliphatic hydroxyl groups is 1. The molecule has 3 aromatic heterocycles. The monoisotopic (exact) mass is 402 g/mol. The van der Waals surface area contributed by atoms with Crippen molar-refractivity contribution in [1.29, 1.82) is 5.26 Å². The molecule has 1 aromatic carbocycles. The molecular formula is C21H22N8O. The van der Waals surface area contributed by atoms with Gasteiger partial charge < -0.3 is 9.67 Å². The van der Waals surface area contributed by atoms with Crippen LogP contribution in [0.15, 0.2) is 36.5 Å². The van der Waals surface area contributed by atoms with Crippen molar-refractivity contribution >= 4 is 11.0 Å². The van der Waals surface area contributed by atoms with Gasteiger partial charge in [-0.05, 0) is 22.3 Å². The van der Waals surface area contributed by atoms with Gasteiger partial charge in [-0.15, -0.1) is 10.2 Å². The van der Waals surface area contributed by atoms with Gasteiger partial charge in [0.15, 0.2) is 0 Å². The fourth-order valence-corrected chi connectivity index (χ4v) is 3.26. The maximum absolute atomic E-state index is 9.19. The lowest BCUT2D eigenvalue weighted by Crippen LogP contribution is -2.19. The van der Waals surface area contributed by atoms with Gasteiger partial charge in [0.25, 0.3) is 0 Å². The number of hydrogen-bond donors (Lipinski definition) is 1. The summed E-state index contributed by atoms with van der Waals surface area (Å²) in [6.45, 7) is 7.58. The average molecular weight is 402 g/mol. The maximum atomic E-state index is 9.19. The van der Waals surface area contributed by atoms with E-state index in [0.717, 1.165) is 34.4 Å². The quantitative estimate of drug-likeness (QED) is 0.545. The SMILES string of the molecule is CC(C)(C)Cn1c(Cn2nnc(-c3ccc(CO)cc3)n2)cc2cnc(C#N)nc21. The van der Waals surface area contributed by atoms with Crippen LogP contribution >= 0.6 is 0 Å². The molecular weight excluding hydrogens is 380 g/mol. The fourth-order valence-electron chi connectivity index (χ4n) is 3.26. The highest BCUT2D eigenvalue weighted by atomic mass is 16.3. The summed E-state index contributed by atoms with van der Waals surface area (Å²) in [6, 6.07) is 11.4. The van der Waals surface area contributed by atoms with E-state index >= 15 is 0 Å². The molecule has 0 aliphatic heterocycles. The van der Waals surface area contributed by atoms with E-state index in [1.165, 1.54) is 0 Å². The summed E-state index contributed by atoms with van der Waals surface area (Å²) in [5.74, 6) is 0.666. The Labute approximate surface area is 173 Å². The number of benzene rings is 1. The van der Waals surface area contributed by atoms with Gasteiger partial charge in [0.2, 0.25) is 11.6 Å². The number of hydrogen-bond acceptors (Lipinski definition) is 7. The summed E-state index contributed by atoms with van der Waals surface area (Å²) in [5, 5.41) is 32.1. The molecule has 0 saturated heterocycles. The van der Waals surface area contributed by atoms with E-state index < -0.39 is 0 Å². The number of aromatic nitrogens is 7. The molecule has 0 fully saturated rings. The number of aliphatic hydroxyl groups excluding tert-OH is 1. The first-order valence-electron chi connectivity index (χ1n) is 9.59. The normalized spacial score (nSPS) is 11.7. The third kappa shape index (κ3) is 4.04. The molecule has 30 heavy (non-hydrogen) atoms. The lowest BCUT2D eigenvalue weighted by Gasteiger charge is -2.21. The fraction of sp³-hybridized carbons (Fsp3) is 0.333. The maximum Gasteiger partial charge on any atom is 0.234 e. The van der Waals surface area contributed by atoms with Crippen molar-refractivity contribution < 1.29 is 5.11 Å². The minimum absolute atomic E-state index is 0.00483. The van der Waals surface area contributed by atoms with Crippen LogP contribution in [0.2, 0.25) is 0 Å². The molecule has 0 amide bonds. The topological polar surface area (TPSA) is 118 Å². The molecule has 152 valence electrons. The standard InChI is InChI=1S/C21H22N8O/c1-21(2,3)13-28-17(8-16-10-23-18(9-22)24-20(16)28)11-29-26-19(25-27-29)15-6-4-14(12-30)5-7-15/h4-8,10,30H,11-13H2,1-3H3.